The fourth-order valence-electron chi connectivity index (χ4n) is 2.43. The number of nitrogens with one attached hydrogen (secondary N) is 1. The summed E-state index contributed by atoms with van der Waals surface area (Å²) in [5, 5.41) is 3.35. The van der Waals surface area contributed by atoms with E-state index in [4.69, 9.17) is 14.2 Å². The van der Waals surface area contributed by atoms with Gasteiger partial charge in [-0.25, -0.2) is 4.98 Å². The Morgan fingerprint density at radius 3 is 2.35 bits per heavy atom. The molecule has 0 unspecified atom stereocenters. The number of methoxy groups -OCH3 is 2. The minimum atomic E-state index is -0.223. The van der Waals surface area contributed by atoms with E-state index in [9.17, 15) is 4.79 Å². The molecule has 1 amide bonds. The number of nitrogens with zero attached hydrogens (tertiary/aromatic N) is 1. The van der Waals surface area contributed by atoms with Gasteiger partial charge in [0.1, 0.15) is 5.75 Å². The lowest BCUT2D eigenvalue weighted by atomic mass is 10.2. The van der Waals surface area contributed by atoms with Crippen molar-refractivity contribution in [2.24, 2.45) is 0 Å². The van der Waals surface area contributed by atoms with Gasteiger partial charge in [-0.05, 0) is 38.1 Å². The number of hydrogen-bond acceptors (Lipinski definition) is 6. The average molecular weight is 372 g/mol. The van der Waals surface area contributed by atoms with E-state index in [2.05, 4.69) is 10.3 Å². The highest BCUT2D eigenvalue weighted by atomic mass is 32.1. The molecule has 1 N–H and O–H groups in total. The van der Waals surface area contributed by atoms with Gasteiger partial charge in [-0.2, -0.15) is 0 Å². The van der Waals surface area contributed by atoms with Crippen LogP contribution in [0.4, 0.5) is 5.13 Å². The van der Waals surface area contributed by atoms with Crippen LogP contribution in [0.15, 0.2) is 36.4 Å². The third-order valence-corrected chi connectivity index (χ3v) is 4.54. The maximum atomic E-state index is 12.4. The summed E-state index contributed by atoms with van der Waals surface area (Å²) in [4.78, 5) is 16.9. The van der Waals surface area contributed by atoms with E-state index in [-0.39, 0.29) is 12.0 Å². The van der Waals surface area contributed by atoms with Gasteiger partial charge >= 0.3 is 0 Å². The first-order chi connectivity index (χ1) is 12.5. The second-order valence-corrected chi connectivity index (χ2v) is 6.87. The molecule has 0 aliphatic rings. The first-order valence-electron chi connectivity index (χ1n) is 8.10. The lowest BCUT2D eigenvalue weighted by molar-refractivity contribution is 0.102. The van der Waals surface area contributed by atoms with E-state index >= 15 is 0 Å². The van der Waals surface area contributed by atoms with Gasteiger partial charge in [0.15, 0.2) is 16.6 Å². The predicted molar refractivity (Wildman–Crippen MR) is 103 cm³/mol. The summed E-state index contributed by atoms with van der Waals surface area (Å²) in [7, 11) is 3.16. The number of thiazole rings is 1. The first kappa shape index (κ1) is 18.0. The largest absolute Gasteiger partial charge is 0.493 e. The van der Waals surface area contributed by atoms with Crippen molar-refractivity contribution in [2.75, 3.05) is 19.5 Å². The van der Waals surface area contributed by atoms with Crippen molar-refractivity contribution in [3.8, 4) is 17.2 Å². The maximum absolute atomic E-state index is 12.4. The molecule has 1 heterocycles. The Morgan fingerprint density at radius 1 is 1.08 bits per heavy atom. The molecule has 0 saturated carbocycles. The maximum Gasteiger partial charge on any atom is 0.257 e. The molecule has 0 fully saturated rings. The van der Waals surface area contributed by atoms with Crippen LogP contribution in [0, 0.1) is 0 Å². The lowest BCUT2D eigenvalue weighted by Gasteiger charge is -2.09. The van der Waals surface area contributed by atoms with Crippen LogP contribution in [0.3, 0.4) is 0 Å². The summed E-state index contributed by atoms with van der Waals surface area (Å²) >= 11 is 1.38. The van der Waals surface area contributed by atoms with Crippen LogP contribution in [-0.2, 0) is 0 Å². The second kappa shape index (κ2) is 7.61. The van der Waals surface area contributed by atoms with Crippen LogP contribution in [0.25, 0.3) is 10.2 Å². The van der Waals surface area contributed by atoms with E-state index in [1.165, 1.54) is 11.3 Å². The van der Waals surface area contributed by atoms with E-state index in [1.807, 2.05) is 19.9 Å². The van der Waals surface area contributed by atoms with Crippen LogP contribution in [0.1, 0.15) is 24.2 Å². The fraction of sp³-hybridized carbons (Fsp3) is 0.263. The van der Waals surface area contributed by atoms with Crippen molar-refractivity contribution < 1.29 is 19.0 Å². The zero-order valence-corrected chi connectivity index (χ0v) is 15.8. The highest BCUT2D eigenvalue weighted by molar-refractivity contribution is 7.22. The summed E-state index contributed by atoms with van der Waals surface area (Å²) in [6.07, 6.45) is 0.0893. The molecule has 0 aliphatic heterocycles. The van der Waals surface area contributed by atoms with Crippen LogP contribution in [0.2, 0.25) is 0 Å². The zero-order chi connectivity index (χ0) is 18.7. The molecule has 7 heteroatoms. The lowest BCUT2D eigenvalue weighted by Crippen LogP contribution is -2.12. The van der Waals surface area contributed by atoms with Gasteiger partial charge in [-0.15, -0.1) is 0 Å². The third kappa shape index (κ3) is 3.88. The molecule has 0 atom stereocenters. The van der Waals surface area contributed by atoms with Gasteiger partial charge in [-0.3, -0.25) is 10.1 Å². The smallest absolute Gasteiger partial charge is 0.257 e. The van der Waals surface area contributed by atoms with Crippen LogP contribution in [0.5, 0.6) is 17.2 Å². The number of ether oxygens (including phenoxy) is 3. The first-order valence-corrected chi connectivity index (χ1v) is 8.92. The molecule has 26 heavy (non-hydrogen) atoms. The van der Waals surface area contributed by atoms with Gasteiger partial charge in [-0.1, -0.05) is 11.3 Å². The molecule has 136 valence electrons. The average Bonchev–Trinajstić information content (AvgIpc) is 3.01. The Hall–Kier alpha value is -2.80. The van der Waals surface area contributed by atoms with Gasteiger partial charge in [0.25, 0.3) is 5.91 Å². The molecule has 3 rings (SSSR count). The van der Waals surface area contributed by atoms with Gasteiger partial charge < -0.3 is 14.2 Å². The molecule has 0 aliphatic carbocycles. The number of carbonyl (C=O) groups is 1. The summed E-state index contributed by atoms with van der Waals surface area (Å²) in [5.41, 5.74) is 1.28. The number of aromatic nitrogens is 1. The number of benzene rings is 2. The molecular weight excluding hydrogens is 352 g/mol. The summed E-state index contributed by atoms with van der Waals surface area (Å²) < 4.78 is 17.1. The summed E-state index contributed by atoms with van der Waals surface area (Å²) in [6.45, 7) is 3.91. The SMILES string of the molecule is COc1cc2nc(NC(=O)c3ccc(OC(C)C)cc3)sc2cc1OC. The van der Waals surface area contributed by atoms with E-state index in [0.29, 0.717) is 22.2 Å². The van der Waals surface area contributed by atoms with Crippen LogP contribution >= 0.6 is 11.3 Å². The van der Waals surface area contributed by atoms with Crippen molar-refractivity contribution in [1.82, 2.24) is 4.98 Å². The Bertz CT molecular complexity index is 878. The number of amides is 1. The molecule has 3 aromatic rings. The summed E-state index contributed by atoms with van der Waals surface area (Å²) in [6, 6.07) is 10.7. The van der Waals surface area contributed by atoms with E-state index < -0.39 is 0 Å². The Balaban J connectivity index is 1.78. The van der Waals surface area contributed by atoms with Crippen LogP contribution in [-0.4, -0.2) is 31.2 Å². The van der Waals surface area contributed by atoms with E-state index in [0.717, 1.165) is 16.0 Å². The topological polar surface area (TPSA) is 69.7 Å². The highest BCUT2D eigenvalue weighted by Gasteiger charge is 2.13. The molecule has 0 radical (unpaired) electrons. The number of rotatable bonds is 6. The highest BCUT2D eigenvalue weighted by Crippen LogP contribution is 2.36. The Morgan fingerprint density at radius 2 is 1.73 bits per heavy atom. The van der Waals surface area contributed by atoms with E-state index in [1.54, 1.807) is 44.6 Å². The Kier molecular flexibility index (Phi) is 5.27. The quantitative estimate of drug-likeness (QED) is 0.696. The number of carbonyl (C=O) groups excluding carboxylic acids is 1. The third-order valence-electron chi connectivity index (χ3n) is 3.60. The van der Waals surface area contributed by atoms with Crippen LogP contribution < -0.4 is 19.5 Å². The molecule has 0 spiro atoms. The van der Waals surface area contributed by atoms with Crippen molar-refractivity contribution in [3.05, 3.63) is 42.0 Å². The fourth-order valence-corrected chi connectivity index (χ4v) is 3.31. The molecule has 2 aromatic carbocycles. The predicted octanol–water partition coefficient (Wildman–Crippen LogP) is 4.35. The van der Waals surface area contributed by atoms with Gasteiger partial charge in [0.05, 0.1) is 30.5 Å². The minimum absolute atomic E-state index is 0.0893. The van der Waals surface area contributed by atoms with Gasteiger partial charge in [0, 0.05) is 17.7 Å². The normalized spacial score (nSPS) is 10.8. The second-order valence-electron chi connectivity index (χ2n) is 5.84. The van der Waals surface area contributed by atoms with Crippen molar-refractivity contribution >= 4 is 32.6 Å². The minimum Gasteiger partial charge on any atom is -0.493 e. The molecule has 1 aromatic heterocycles. The van der Waals surface area contributed by atoms with Crippen molar-refractivity contribution in [2.45, 2.75) is 20.0 Å². The molecule has 0 bridgehead atoms. The number of fused-ring (bicyclic) bond motifs is 1. The molecule has 0 saturated heterocycles. The number of hydrogen-bond donors (Lipinski definition) is 1. The van der Waals surface area contributed by atoms with Crippen molar-refractivity contribution in [3.63, 3.8) is 0 Å². The summed E-state index contributed by atoms with van der Waals surface area (Å²) in [5.74, 6) is 1.74. The molecule has 6 nitrogen and oxygen atoms in total. The standard InChI is InChI=1S/C19H20N2O4S/c1-11(2)25-13-7-5-12(6-8-13)18(22)21-19-20-14-9-15(23-3)16(24-4)10-17(14)26-19/h5-11H,1-4H3,(H,20,21,22). The number of anilines is 1. The zero-order valence-electron chi connectivity index (χ0n) is 15.0. The monoisotopic (exact) mass is 372 g/mol. The molecular formula is C19H20N2O4S. The van der Waals surface area contributed by atoms with Gasteiger partial charge in [0.2, 0.25) is 0 Å². The Labute approximate surface area is 155 Å². The van der Waals surface area contributed by atoms with Crippen molar-refractivity contribution in [1.29, 1.82) is 0 Å².